The van der Waals surface area contributed by atoms with Crippen LogP contribution in [0.4, 0.5) is 11.5 Å². The number of hydrogen-bond donors (Lipinski definition) is 2. The van der Waals surface area contributed by atoms with Gasteiger partial charge < -0.3 is 15.5 Å². The van der Waals surface area contributed by atoms with E-state index in [0.29, 0.717) is 11.5 Å². The van der Waals surface area contributed by atoms with Crippen molar-refractivity contribution in [2.75, 3.05) is 37.8 Å². The Hall–Kier alpha value is -1.99. The number of carbonyl (C=O) groups excluding carboxylic acids is 1. The van der Waals surface area contributed by atoms with Gasteiger partial charge in [-0.1, -0.05) is 12.1 Å². The summed E-state index contributed by atoms with van der Waals surface area (Å²) in [7, 11) is 4.00. The SMILES string of the molecule is CN(C)CCNc1ccc(C(=O)Nc2ccccc2Br)nn1. The molecule has 0 saturated carbocycles. The number of hydrogen-bond acceptors (Lipinski definition) is 5. The first-order valence-electron chi connectivity index (χ1n) is 6.84. The molecule has 7 heteroatoms. The first-order chi connectivity index (χ1) is 10.6. The summed E-state index contributed by atoms with van der Waals surface area (Å²) in [6.07, 6.45) is 0. The molecule has 0 fully saturated rings. The lowest BCUT2D eigenvalue weighted by atomic mass is 10.3. The Morgan fingerprint density at radius 2 is 1.95 bits per heavy atom. The smallest absolute Gasteiger partial charge is 0.276 e. The van der Waals surface area contributed by atoms with Crippen molar-refractivity contribution in [1.29, 1.82) is 0 Å². The van der Waals surface area contributed by atoms with Crippen molar-refractivity contribution >= 4 is 33.3 Å². The van der Waals surface area contributed by atoms with Crippen molar-refractivity contribution in [1.82, 2.24) is 15.1 Å². The Balaban J connectivity index is 1.95. The van der Waals surface area contributed by atoms with Crippen LogP contribution in [0.25, 0.3) is 0 Å². The Morgan fingerprint density at radius 3 is 2.59 bits per heavy atom. The summed E-state index contributed by atoms with van der Waals surface area (Å²) in [5.74, 6) is 0.360. The lowest BCUT2D eigenvalue weighted by Crippen LogP contribution is -2.21. The van der Waals surface area contributed by atoms with E-state index in [1.165, 1.54) is 0 Å². The molecule has 0 saturated heterocycles. The fraction of sp³-hybridized carbons (Fsp3) is 0.267. The second-order valence-electron chi connectivity index (χ2n) is 4.97. The maximum atomic E-state index is 12.1. The molecule has 0 bridgehead atoms. The van der Waals surface area contributed by atoms with Crippen LogP contribution in [0, 0.1) is 0 Å². The van der Waals surface area contributed by atoms with Crippen LogP contribution in [0.15, 0.2) is 40.9 Å². The summed E-state index contributed by atoms with van der Waals surface area (Å²) in [5, 5.41) is 13.9. The molecule has 2 N–H and O–H groups in total. The van der Waals surface area contributed by atoms with E-state index in [-0.39, 0.29) is 11.6 Å². The first-order valence-corrected chi connectivity index (χ1v) is 7.64. The average molecular weight is 364 g/mol. The lowest BCUT2D eigenvalue weighted by Gasteiger charge is -2.10. The monoisotopic (exact) mass is 363 g/mol. The highest BCUT2D eigenvalue weighted by atomic mass is 79.9. The molecular formula is C15H18BrN5O. The predicted molar refractivity (Wildman–Crippen MR) is 91.2 cm³/mol. The number of halogens is 1. The molecule has 0 radical (unpaired) electrons. The van der Waals surface area contributed by atoms with Crippen molar-refractivity contribution in [3.8, 4) is 0 Å². The van der Waals surface area contributed by atoms with Gasteiger partial charge in [0.1, 0.15) is 5.82 Å². The molecular weight excluding hydrogens is 346 g/mol. The van der Waals surface area contributed by atoms with E-state index in [4.69, 9.17) is 0 Å². The summed E-state index contributed by atoms with van der Waals surface area (Å²) in [5.41, 5.74) is 0.969. The van der Waals surface area contributed by atoms with E-state index in [1.807, 2.05) is 38.4 Å². The number of para-hydroxylation sites is 1. The average Bonchev–Trinajstić information content (AvgIpc) is 2.50. The number of carbonyl (C=O) groups is 1. The van der Waals surface area contributed by atoms with Crippen LogP contribution in [0.2, 0.25) is 0 Å². The van der Waals surface area contributed by atoms with E-state index < -0.39 is 0 Å². The van der Waals surface area contributed by atoms with Crippen LogP contribution < -0.4 is 10.6 Å². The third-order valence-corrected chi connectivity index (χ3v) is 3.58. The third kappa shape index (κ3) is 4.78. The minimum atomic E-state index is -0.292. The van der Waals surface area contributed by atoms with Gasteiger partial charge in [0.2, 0.25) is 0 Å². The van der Waals surface area contributed by atoms with Gasteiger partial charge in [0.15, 0.2) is 5.69 Å². The van der Waals surface area contributed by atoms with Gasteiger partial charge in [-0.3, -0.25) is 4.79 Å². The van der Waals surface area contributed by atoms with Crippen molar-refractivity contribution in [2.45, 2.75) is 0 Å². The molecule has 2 aromatic rings. The van der Waals surface area contributed by atoms with Crippen molar-refractivity contribution in [3.05, 3.63) is 46.6 Å². The Labute approximate surface area is 138 Å². The fourth-order valence-electron chi connectivity index (χ4n) is 1.70. The van der Waals surface area contributed by atoms with Crippen molar-refractivity contribution in [3.63, 3.8) is 0 Å². The normalized spacial score (nSPS) is 10.5. The van der Waals surface area contributed by atoms with Gasteiger partial charge in [0, 0.05) is 17.6 Å². The van der Waals surface area contributed by atoms with Crippen LogP contribution in [0.3, 0.4) is 0 Å². The first kappa shape index (κ1) is 16.4. The molecule has 1 heterocycles. The third-order valence-electron chi connectivity index (χ3n) is 2.88. The van der Waals surface area contributed by atoms with Crippen LogP contribution in [-0.2, 0) is 0 Å². The standard InChI is InChI=1S/C15H18BrN5O/c1-21(2)10-9-17-14-8-7-13(19-20-14)15(22)18-12-6-4-3-5-11(12)16/h3-8H,9-10H2,1-2H3,(H,17,20)(H,18,22). The van der Waals surface area contributed by atoms with Crippen molar-refractivity contribution in [2.24, 2.45) is 0 Å². The Kier molecular flexibility index (Phi) is 5.85. The number of anilines is 2. The summed E-state index contributed by atoms with van der Waals surface area (Å²) in [4.78, 5) is 14.2. The maximum absolute atomic E-state index is 12.1. The molecule has 1 aromatic heterocycles. The summed E-state index contributed by atoms with van der Waals surface area (Å²) >= 11 is 3.38. The van der Waals surface area contributed by atoms with Crippen LogP contribution >= 0.6 is 15.9 Å². The lowest BCUT2D eigenvalue weighted by molar-refractivity contribution is 0.102. The number of benzene rings is 1. The fourth-order valence-corrected chi connectivity index (χ4v) is 2.09. The largest absolute Gasteiger partial charge is 0.367 e. The number of rotatable bonds is 6. The van der Waals surface area contributed by atoms with E-state index in [2.05, 4.69) is 41.7 Å². The Morgan fingerprint density at radius 1 is 1.18 bits per heavy atom. The molecule has 6 nitrogen and oxygen atoms in total. The minimum absolute atomic E-state index is 0.272. The Bertz CT molecular complexity index is 630. The van der Waals surface area contributed by atoms with Gasteiger partial charge in [-0.05, 0) is 54.3 Å². The second-order valence-corrected chi connectivity index (χ2v) is 5.82. The quantitative estimate of drug-likeness (QED) is 0.824. The van der Waals surface area contributed by atoms with Gasteiger partial charge in [-0.25, -0.2) is 0 Å². The molecule has 1 amide bonds. The zero-order chi connectivity index (χ0) is 15.9. The number of nitrogens with zero attached hydrogens (tertiary/aromatic N) is 3. The van der Waals surface area contributed by atoms with E-state index in [1.54, 1.807) is 12.1 Å². The summed E-state index contributed by atoms with van der Waals surface area (Å²) in [6, 6.07) is 10.8. The maximum Gasteiger partial charge on any atom is 0.276 e. The highest BCUT2D eigenvalue weighted by molar-refractivity contribution is 9.10. The molecule has 116 valence electrons. The number of amides is 1. The molecule has 0 aliphatic carbocycles. The van der Waals surface area contributed by atoms with Gasteiger partial charge in [0.05, 0.1) is 5.69 Å². The highest BCUT2D eigenvalue weighted by Crippen LogP contribution is 2.21. The van der Waals surface area contributed by atoms with Gasteiger partial charge in [-0.2, -0.15) is 0 Å². The van der Waals surface area contributed by atoms with Gasteiger partial charge in [-0.15, -0.1) is 10.2 Å². The van der Waals surface area contributed by atoms with Crippen LogP contribution in [0.5, 0.6) is 0 Å². The zero-order valence-electron chi connectivity index (χ0n) is 12.5. The molecule has 2 rings (SSSR count). The topological polar surface area (TPSA) is 70.2 Å². The molecule has 0 aliphatic heterocycles. The van der Waals surface area contributed by atoms with E-state index >= 15 is 0 Å². The van der Waals surface area contributed by atoms with Crippen molar-refractivity contribution < 1.29 is 4.79 Å². The van der Waals surface area contributed by atoms with E-state index in [9.17, 15) is 4.79 Å². The van der Waals surface area contributed by atoms with Gasteiger partial charge in [0.25, 0.3) is 5.91 Å². The van der Waals surface area contributed by atoms with Crippen LogP contribution in [-0.4, -0.2) is 48.2 Å². The van der Waals surface area contributed by atoms with Crippen LogP contribution in [0.1, 0.15) is 10.5 Å². The van der Waals surface area contributed by atoms with Gasteiger partial charge >= 0.3 is 0 Å². The molecule has 0 aliphatic rings. The van der Waals surface area contributed by atoms with E-state index in [0.717, 1.165) is 17.6 Å². The summed E-state index contributed by atoms with van der Waals surface area (Å²) < 4.78 is 0.818. The number of likely N-dealkylation sites (N-methyl/N-ethyl adjacent to an activating group) is 1. The molecule has 0 unspecified atom stereocenters. The zero-order valence-corrected chi connectivity index (χ0v) is 14.1. The predicted octanol–water partition coefficient (Wildman–Crippen LogP) is 2.46. The summed E-state index contributed by atoms with van der Waals surface area (Å²) in [6.45, 7) is 1.66. The number of nitrogens with one attached hydrogen (secondary N) is 2. The molecule has 1 aromatic carbocycles. The molecule has 0 atom stereocenters. The number of aromatic nitrogens is 2. The molecule has 0 spiro atoms. The minimum Gasteiger partial charge on any atom is -0.367 e. The highest BCUT2D eigenvalue weighted by Gasteiger charge is 2.10. The second kappa shape index (κ2) is 7.86. The molecule has 22 heavy (non-hydrogen) atoms.